The molecule has 0 saturated heterocycles. The molecule has 0 unspecified atom stereocenters. The number of carbonyl (C=O) groups excluding carboxylic acids is 1. The zero-order chi connectivity index (χ0) is 19.6. The number of hydrogen-bond acceptors (Lipinski definition) is 4. The summed E-state index contributed by atoms with van der Waals surface area (Å²) in [6.45, 7) is -1.01. The van der Waals surface area contributed by atoms with Crippen LogP contribution in [0.1, 0.15) is 12.5 Å². The zero-order valence-corrected chi connectivity index (χ0v) is 15.3. The molecular formula is C18H19F2N3O3S. The lowest BCUT2D eigenvalue weighted by Gasteiger charge is -2.12. The molecule has 0 saturated carbocycles. The monoisotopic (exact) mass is 395 g/mol. The van der Waals surface area contributed by atoms with Gasteiger partial charge in [-0.2, -0.15) is 8.78 Å². The number of benzene rings is 2. The summed E-state index contributed by atoms with van der Waals surface area (Å²) >= 11 is 5.03. The smallest absolute Gasteiger partial charge is 0.387 e. The molecule has 0 aromatic heterocycles. The molecule has 27 heavy (non-hydrogen) atoms. The number of anilines is 1. The third-order valence-corrected chi connectivity index (χ3v) is 3.56. The van der Waals surface area contributed by atoms with E-state index in [-0.39, 0.29) is 17.5 Å². The quantitative estimate of drug-likeness (QED) is 0.494. The molecule has 0 aliphatic heterocycles. The number of hydrazine groups is 1. The molecule has 3 N–H and O–H groups in total. The van der Waals surface area contributed by atoms with E-state index in [1.54, 1.807) is 12.1 Å². The van der Waals surface area contributed by atoms with Gasteiger partial charge in [-0.25, -0.2) is 0 Å². The molecule has 0 heterocycles. The van der Waals surface area contributed by atoms with Gasteiger partial charge in [0.2, 0.25) is 0 Å². The SMILES string of the molecule is CCc1ccc(OCC(=O)NNC(=S)Nc2ccc(OC(F)F)cc2)cc1. The topological polar surface area (TPSA) is 71.6 Å². The number of ether oxygens (including phenoxy) is 2. The minimum absolute atomic E-state index is 0.0341. The van der Waals surface area contributed by atoms with Crippen LogP contribution in [0.15, 0.2) is 48.5 Å². The minimum Gasteiger partial charge on any atom is -0.484 e. The van der Waals surface area contributed by atoms with Gasteiger partial charge in [-0.3, -0.25) is 15.6 Å². The van der Waals surface area contributed by atoms with Crippen molar-refractivity contribution >= 4 is 28.9 Å². The second-order valence-electron chi connectivity index (χ2n) is 5.32. The first-order valence-corrected chi connectivity index (χ1v) is 8.49. The second kappa shape index (κ2) is 10.3. The predicted octanol–water partition coefficient (Wildman–Crippen LogP) is 3.25. The molecule has 9 heteroatoms. The van der Waals surface area contributed by atoms with Gasteiger partial charge in [0.05, 0.1) is 0 Å². The van der Waals surface area contributed by atoms with E-state index in [9.17, 15) is 13.6 Å². The summed E-state index contributed by atoms with van der Waals surface area (Å²) in [5.41, 5.74) is 6.63. The van der Waals surface area contributed by atoms with Crippen molar-refractivity contribution in [1.82, 2.24) is 10.9 Å². The van der Waals surface area contributed by atoms with Crippen LogP contribution in [-0.4, -0.2) is 24.2 Å². The van der Waals surface area contributed by atoms with Crippen LogP contribution in [0.25, 0.3) is 0 Å². The van der Waals surface area contributed by atoms with Crippen molar-refractivity contribution in [3.05, 3.63) is 54.1 Å². The molecule has 0 atom stereocenters. The van der Waals surface area contributed by atoms with Gasteiger partial charge >= 0.3 is 6.61 Å². The average Bonchev–Trinajstić information content (AvgIpc) is 2.66. The van der Waals surface area contributed by atoms with E-state index in [0.29, 0.717) is 11.4 Å². The van der Waals surface area contributed by atoms with E-state index < -0.39 is 12.5 Å². The summed E-state index contributed by atoms with van der Waals surface area (Å²) in [5.74, 6) is 0.209. The van der Waals surface area contributed by atoms with Crippen molar-refractivity contribution in [2.45, 2.75) is 20.0 Å². The van der Waals surface area contributed by atoms with E-state index in [4.69, 9.17) is 17.0 Å². The molecule has 0 bridgehead atoms. The predicted molar refractivity (Wildman–Crippen MR) is 102 cm³/mol. The van der Waals surface area contributed by atoms with E-state index in [1.165, 1.54) is 29.8 Å². The van der Waals surface area contributed by atoms with Crippen LogP contribution in [0, 0.1) is 0 Å². The normalized spacial score (nSPS) is 10.2. The molecular weight excluding hydrogens is 376 g/mol. The molecule has 144 valence electrons. The highest BCUT2D eigenvalue weighted by molar-refractivity contribution is 7.80. The van der Waals surface area contributed by atoms with Crippen LogP contribution in [0.2, 0.25) is 0 Å². The van der Waals surface area contributed by atoms with Crippen LogP contribution in [-0.2, 0) is 11.2 Å². The Morgan fingerprint density at radius 3 is 2.26 bits per heavy atom. The number of thiocarbonyl (C=S) groups is 1. The van der Waals surface area contributed by atoms with E-state index in [0.717, 1.165) is 6.42 Å². The van der Waals surface area contributed by atoms with Gasteiger partial charge in [-0.1, -0.05) is 19.1 Å². The first-order chi connectivity index (χ1) is 13.0. The highest BCUT2D eigenvalue weighted by atomic mass is 32.1. The molecule has 1 amide bonds. The third-order valence-electron chi connectivity index (χ3n) is 3.35. The van der Waals surface area contributed by atoms with E-state index in [2.05, 4.69) is 27.8 Å². The molecule has 2 aromatic carbocycles. The fourth-order valence-corrected chi connectivity index (χ4v) is 2.18. The van der Waals surface area contributed by atoms with Crippen molar-refractivity contribution in [2.24, 2.45) is 0 Å². The molecule has 0 spiro atoms. The van der Waals surface area contributed by atoms with Crippen LogP contribution in [0.3, 0.4) is 0 Å². The largest absolute Gasteiger partial charge is 0.484 e. The summed E-state index contributed by atoms with van der Waals surface area (Å²) in [7, 11) is 0. The Balaban J connectivity index is 1.70. The van der Waals surface area contributed by atoms with Crippen molar-refractivity contribution in [1.29, 1.82) is 0 Å². The van der Waals surface area contributed by atoms with Gasteiger partial charge in [0.15, 0.2) is 11.7 Å². The number of hydrogen-bond donors (Lipinski definition) is 3. The third kappa shape index (κ3) is 7.45. The number of alkyl halides is 2. The van der Waals surface area contributed by atoms with Crippen LogP contribution >= 0.6 is 12.2 Å². The lowest BCUT2D eigenvalue weighted by atomic mass is 10.2. The van der Waals surface area contributed by atoms with E-state index in [1.807, 2.05) is 12.1 Å². The fourth-order valence-electron chi connectivity index (χ4n) is 2.01. The summed E-state index contributed by atoms with van der Waals surface area (Å²) in [6.07, 6.45) is 0.928. The van der Waals surface area contributed by atoms with Crippen molar-refractivity contribution < 1.29 is 23.0 Å². The van der Waals surface area contributed by atoms with Gasteiger partial charge in [0.25, 0.3) is 5.91 Å². The van der Waals surface area contributed by atoms with Crippen molar-refractivity contribution in [3.8, 4) is 11.5 Å². The number of halogens is 2. The van der Waals surface area contributed by atoms with E-state index >= 15 is 0 Å². The van der Waals surface area contributed by atoms with Crippen molar-refractivity contribution in [2.75, 3.05) is 11.9 Å². The Kier molecular flexibility index (Phi) is 7.75. The molecule has 6 nitrogen and oxygen atoms in total. The number of carbonyl (C=O) groups is 1. The Morgan fingerprint density at radius 1 is 1.04 bits per heavy atom. The molecule has 0 aliphatic rings. The summed E-state index contributed by atoms with van der Waals surface area (Å²) in [4.78, 5) is 11.8. The Morgan fingerprint density at radius 2 is 1.67 bits per heavy atom. The van der Waals surface area contributed by atoms with Gasteiger partial charge in [0, 0.05) is 5.69 Å². The average molecular weight is 395 g/mol. The second-order valence-corrected chi connectivity index (χ2v) is 5.72. The highest BCUT2D eigenvalue weighted by Gasteiger charge is 2.06. The number of amides is 1. The van der Waals surface area contributed by atoms with Crippen LogP contribution in [0.5, 0.6) is 11.5 Å². The first-order valence-electron chi connectivity index (χ1n) is 8.08. The lowest BCUT2D eigenvalue weighted by Crippen LogP contribution is -2.45. The maximum absolute atomic E-state index is 12.1. The van der Waals surface area contributed by atoms with Crippen molar-refractivity contribution in [3.63, 3.8) is 0 Å². The van der Waals surface area contributed by atoms with Gasteiger partial charge in [-0.15, -0.1) is 0 Å². The Bertz CT molecular complexity index is 755. The highest BCUT2D eigenvalue weighted by Crippen LogP contribution is 2.17. The molecule has 2 rings (SSSR count). The minimum atomic E-state index is -2.88. The molecule has 0 aliphatic carbocycles. The number of nitrogens with one attached hydrogen (secondary N) is 3. The Hall–Kier alpha value is -2.94. The number of aryl methyl sites for hydroxylation is 1. The molecule has 2 aromatic rings. The summed E-state index contributed by atoms with van der Waals surface area (Å²) < 4.78 is 33.8. The van der Waals surface area contributed by atoms with Gasteiger partial charge < -0.3 is 14.8 Å². The summed E-state index contributed by atoms with van der Waals surface area (Å²) in [5, 5.41) is 2.91. The standard InChI is InChI=1S/C18H19F2N3O3S/c1-2-12-3-7-14(8-4-12)25-11-16(24)22-23-18(27)21-13-5-9-15(10-6-13)26-17(19)20/h3-10,17H,2,11H2,1H3,(H,22,24)(H2,21,23,27). The summed E-state index contributed by atoms with van der Waals surface area (Å²) in [6, 6.07) is 13.2. The zero-order valence-electron chi connectivity index (χ0n) is 14.5. The maximum Gasteiger partial charge on any atom is 0.387 e. The fraction of sp³-hybridized carbons (Fsp3) is 0.222. The first kappa shape index (κ1) is 20.4. The lowest BCUT2D eigenvalue weighted by molar-refractivity contribution is -0.123. The maximum atomic E-state index is 12.1. The van der Waals surface area contributed by atoms with Crippen LogP contribution in [0.4, 0.5) is 14.5 Å². The number of rotatable bonds is 7. The molecule has 0 fully saturated rings. The Labute approximate surface area is 160 Å². The van der Waals surface area contributed by atoms with Crippen LogP contribution < -0.4 is 25.6 Å². The van der Waals surface area contributed by atoms with Gasteiger partial charge in [-0.05, 0) is 60.6 Å². The molecule has 0 radical (unpaired) electrons. The van der Waals surface area contributed by atoms with Gasteiger partial charge in [0.1, 0.15) is 11.5 Å².